The second-order valence-corrected chi connectivity index (χ2v) is 4.34. The summed E-state index contributed by atoms with van der Waals surface area (Å²) in [6.07, 6.45) is 2.68. The van der Waals surface area contributed by atoms with E-state index in [1.165, 1.54) is 0 Å². The van der Waals surface area contributed by atoms with E-state index in [9.17, 15) is 4.79 Å². The molecule has 0 aromatic heterocycles. The molecular formula is C13H17NO2. The predicted octanol–water partition coefficient (Wildman–Crippen LogP) is 2.01. The first-order chi connectivity index (χ1) is 7.70. The van der Waals surface area contributed by atoms with E-state index in [4.69, 9.17) is 10.5 Å². The van der Waals surface area contributed by atoms with Gasteiger partial charge in [-0.2, -0.15) is 0 Å². The Kier molecular flexibility index (Phi) is 3.25. The normalized spacial score (nSPS) is 16.9. The second kappa shape index (κ2) is 4.66. The fourth-order valence-electron chi connectivity index (χ4n) is 1.47. The van der Waals surface area contributed by atoms with Gasteiger partial charge in [0.25, 0.3) is 0 Å². The van der Waals surface area contributed by atoms with E-state index in [2.05, 4.69) is 0 Å². The van der Waals surface area contributed by atoms with Crippen molar-refractivity contribution >= 4 is 5.78 Å². The zero-order valence-electron chi connectivity index (χ0n) is 9.48. The standard InChI is InChI=1S/C13H17NO2/c1-9(8-14)13(15)10-2-4-11(5-3-10)16-12-6-7-12/h2-5,9,12H,6-8,14H2,1H3. The lowest BCUT2D eigenvalue weighted by molar-refractivity contribution is 0.0934. The topological polar surface area (TPSA) is 52.3 Å². The van der Waals surface area contributed by atoms with Gasteiger partial charge in [-0.05, 0) is 37.1 Å². The van der Waals surface area contributed by atoms with E-state index in [0.29, 0.717) is 18.2 Å². The van der Waals surface area contributed by atoms with Crippen LogP contribution >= 0.6 is 0 Å². The first kappa shape index (κ1) is 11.1. The quantitative estimate of drug-likeness (QED) is 0.771. The number of rotatable bonds is 5. The number of hydrogen-bond donors (Lipinski definition) is 1. The summed E-state index contributed by atoms with van der Waals surface area (Å²) in [5, 5.41) is 0. The molecule has 1 aliphatic rings. The summed E-state index contributed by atoms with van der Waals surface area (Å²) in [6, 6.07) is 7.34. The van der Waals surface area contributed by atoms with Crippen molar-refractivity contribution < 1.29 is 9.53 Å². The van der Waals surface area contributed by atoms with Gasteiger partial charge in [-0.15, -0.1) is 0 Å². The van der Waals surface area contributed by atoms with E-state index >= 15 is 0 Å². The number of nitrogens with two attached hydrogens (primary N) is 1. The number of ether oxygens (including phenoxy) is 1. The molecule has 0 aliphatic heterocycles. The Labute approximate surface area is 95.6 Å². The van der Waals surface area contributed by atoms with Crippen LogP contribution in [0.4, 0.5) is 0 Å². The molecule has 1 fully saturated rings. The van der Waals surface area contributed by atoms with Crippen LogP contribution in [-0.2, 0) is 0 Å². The SMILES string of the molecule is CC(CN)C(=O)c1ccc(OC2CC2)cc1. The molecule has 0 amide bonds. The minimum absolute atomic E-state index is 0.0977. The largest absolute Gasteiger partial charge is 0.490 e. The third kappa shape index (κ3) is 2.61. The first-order valence-corrected chi connectivity index (χ1v) is 5.71. The molecule has 3 nitrogen and oxygen atoms in total. The van der Waals surface area contributed by atoms with Crippen LogP contribution in [0.25, 0.3) is 0 Å². The molecule has 1 atom stereocenters. The summed E-state index contributed by atoms with van der Waals surface area (Å²) in [5.74, 6) is 0.829. The van der Waals surface area contributed by atoms with Gasteiger partial charge >= 0.3 is 0 Å². The minimum atomic E-state index is -0.116. The van der Waals surface area contributed by atoms with Gasteiger partial charge in [0.2, 0.25) is 0 Å². The van der Waals surface area contributed by atoms with Crippen LogP contribution < -0.4 is 10.5 Å². The van der Waals surface area contributed by atoms with Gasteiger partial charge in [0.05, 0.1) is 6.10 Å². The van der Waals surface area contributed by atoms with Crippen LogP contribution in [0, 0.1) is 5.92 Å². The van der Waals surface area contributed by atoms with Crippen molar-refractivity contribution in [1.82, 2.24) is 0 Å². The van der Waals surface area contributed by atoms with E-state index in [-0.39, 0.29) is 11.7 Å². The summed E-state index contributed by atoms with van der Waals surface area (Å²) in [7, 11) is 0. The number of hydrogen-bond acceptors (Lipinski definition) is 3. The van der Waals surface area contributed by atoms with Crippen LogP contribution in [0.3, 0.4) is 0 Å². The monoisotopic (exact) mass is 219 g/mol. The summed E-state index contributed by atoms with van der Waals surface area (Å²) >= 11 is 0. The molecule has 0 saturated heterocycles. The van der Waals surface area contributed by atoms with Crippen molar-refractivity contribution in [2.45, 2.75) is 25.9 Å². The highest BCUT2D eigenvalue weighted by atomic mass is 16.5. The second-order valence-electron chi connectivity index (χ2n) is 4.34. The number of ketones is 1. The number of Topliss-reactive ketones (excluding diaryl/α,β-unsaturated/α-hetero) is 1. The van der Waals surface area contributed by atoms with Crippen LogP contribution in [0.2, 0.25) is 0 Å². The zero-order valence-corrected chi connectivity index (χ0v) is 9.48. The molecule has 1 unspecified atom stereocenters. The Hall–Kier alpha value is -1.35. The molecule has 0 spiro atoms. The smallest absolute Gasteiger partial charge is 0.166 e. The van der Waals surface area contributed by atoms with Gasteiger partial charge in [0.1, 0.15) is 5.75 Å². The summed E-state index contributed by atoms with van der Waals surface area (Å²) < 4.78 is 5.61. The fraction of sp³-hybridized carbons (Fsp3) is 0.462. The van der Waals surface area contributed by atoms with Crippen LogP contribution in [0.1, 0.15) is 30.1 Å². The highest BCUT2D eigenvalue weighted by molar-refractivity contribution is 5.97. The predicted molar refractivity (Wildman–Crippen MR) is 62.6 cm³/mol. The van der Waals surface area contributed by atoms with Gasteiger partial charge in [-0.25, -0.2) is 0 Å². The molecule has 3 heteroatoms. The molecular weight excluding hydrogens is 202 g/mol. The maximum Gasteiger partial charge on any atom is 0.166 e. The molecule has 1 aromatic rings. The molecule has 16 heavy (non-hydrogen) atoms. The molecule has 0 bridgehead atoms. The Morgan fingerprint density at radius 3 is 2.56 bits per heavy atom. The third-order valence-electron chi connectivity index (χ3n) is 2.77. The highest BCUT2D eigenvalue weighted by Gasteiger charge is 2.23. The van der Waals surface area contributed by atoms with Crippen LogP contribution in [-0.4, -0.2) is 18.4 Å². The molecule has 1 aliphatic carbocycles. The lowest BCUT2D eigenvalue weighted by Gasteiger charge is -2.08. The average molecular weight is 219 g/mol. The van der Waals surface area contributed by atoms with Gasteiger partial charge in [-0.3, -0.25) is 4.79 Å². The summed E-state index contributed by atoms with van der Waals surface area (Å²) in [5.41, 5.74) is 6.18. The zero-order chi connectivity index (χ0) is 11.5. The van der Waals surface area contributed by atoms with Gasteiger partial charge in [0.15, 0.2) is 5.78 Å². The molecule has 0 heterocycles. The third-order valence-corrected chi connectivity index (χ3v) is 2.77. The fourth-order valence-corrected chi connectivity index (χ4v) is 1.47. The van der Waals surface area contributed by atoms with E-state index in [0.717, 1.165) is 18.6 Å². The number of carbonyl (C=O) groups excluding carboxylic acids is 1. The molecule has 0 radical (unpaired) electrons. The maximum absolute atomic E-state index is 11.8. The molecule has 86 valence electrons. The molecule has 2 N–H and O–H groups in total. The lowest BCUT2D eigenvalue weighted by Crippen LogP contribution is -2.20. The Bertz CT molecular complexity index is 368. The van der Waals surface area contributed by atoms with Crippen LogP contribution in [0.15, 0.2) is 24.3 Å². The van der Waals surface area contributed by atoms with Crippen molar-refractivity contribution in [1.29, 1.82) is 0 Å². The minimum Gasteiger partial charge on any atom is -0.490 e. The van der Waals surface area contributed by atoms with Gasteiger partial charge in [-0.1, -0.05) is 6.92 Å². The Balaban J connectivity index is 2.02. The van der Waals surface area contributed by atoms with E-state index < -0.39 is 0 Å². The van der Waals surface area contributed by atoms with Crippen molar-refractivity contribution in [2.24, 2.45) is 11.7 Å². The summed E-state index contributed by atoms with van der Waals surface area (Å²) in [4.78, 5) is 11.8. The van der Waals surface area contributed by atoms with E-state index in [1.54, 1.807) is 0 Å². The lowest BCUT2D eigenvalue weighted by atomic mass is 10.00. The number of carbonyl (C=O) groups is 1. The average Bonchev–Trinajstić information content (AvgIpc) is 3.12. The summed E-state index contributed by atoms with van der Waals surface area (Å²) in [6.45, 7) is 2.23. The van der Waals surface area contributed by atoms with Gasteiger partial charge < -0.3 is 10.5 Å². The van der Waals surface area contributed by atoms with Crippen molar-refractivity contribution in [3.63, 3.8) is 0 Å². The Morgan fingerprint density at radius 1 is 1.44 bits per heavy atom. The van der Waals surface area contributed by atoms with E-state index in [1.807, 2.05) is 31.2 Å². The first-order valence-electron chi connectivity index (χ1n) is 5.71. The van der Waals surface area contributed by atoms with Crippen molar-refractivity contribution in [3.05, 3.63) is 29.8 Å². The highest BCUT2D eigenvalue weighted by Crippen LogP contribution is 2.26. The van der Waals surface area contributed by atoms with Crippen LogP contribution in [0.5, 0.6) is 5.75 Å². The maximum atomic E-state index is 11.8. The molecule has 1 saturated carbocycles. The van der Waals surface area contributed by atoms with Crippen molar-refractivity contribution in [3.8, 4) is 5.75 Å². The van der Waals surface area contributed by atoms with Crippen molar-refractivity contribution in [2.75, 3.05) is 6.54 Å². The molecule has 2 rings (SSSR count). The Morgan fingerprint density at radius 2 is 2.06 bits per heavy atom. The number of benzene rings is 1. The molecule has 1 aromatic carbocycles. The van der Waals surface area contributed by atoms with Gasteiger partial charge in [0, 0.05) is 18.0 Å².